The van der Waals surface area contributed by atoms with Gasteiger partial charge < -0.3 is 14.6 Å². The van der Waals surface area contributed by atoms with Crippen LogP contribution in [0, 0.1) is 0 Å². The second-order valence-electron chi connectivity index (χ2n) is 4.90. The van der Waals surface area contributed by atoms with Crippen molar-refractivity contribution in [2.75, 3.05) is 6.61 Å². The topological polar surface area (TPSA) is 56.1 Å². The average Bonchev–Trinajstić information content (AvgIpc) is 2.94. The minimum absolute atomic E-state index is 0.0505. The third kappa shape index (κ3) is 2.99. The Morgan fingerprint density at radius 3 is 3.10 bits per heavy atom. The minimum Gasteiger partial charge on any atom is -0.484 e. The molecule has 1 aromatic carbocycles. The number of nitrogens with one attached hydrogen (secondary N) is 1. The molecule has 0 saturated heterocycles. The van der Waals surface area contributed by atoms with Gasteiger partial charge in [-0.25, -0.2) is 4.98 Å². The van der Waals surface area contributed by atoms with Gasteiger partial charge in [-0.3, -0.25) is 4.79 Å². The Bertz CT molecular complexity index is 580. The predicted molar refractivity (Wildman–Crippen MR) is 74.4 cm³/mol. The van der Waals surface area contributed by atoms with E-state index in [1.165, 1.54) is 0 Å². The van der Waals surface area contributed by atoms with Crippen LogP contribution in [0.5, 0.6) is 5.75 Å². The lowest BCUT2D eigenvalue weighted by Gasteiger charge is -2.24. The third-order valence-electron chi connectivity index (χ3n) is 3.43. The Morgan fingerprint density at radius 1 is 1.40 bits per heavy atom. The van der Waals surface area contributed by atoms with Gasteiger partial charge in [0.1, 0.15) is 11.6 Å². The number of amides is 1. The largest absolute Gasteiger partial charge is 0.484 e. The monoisotopic (exact) mass is 271 g/mol. The second kappa shape index (κ2) is 5.77. The van der Waals surface area contributed by atoms with Gasteiger partial charge in [-0.05, 0) is 18.6 Å². The number of aromatic nitrogens is 2. The van der Waals surface area contributed by atoms with E-state index in [-0.39, 0.29) is 18.6 Å². The highest BCUT2D eigenvalue weighted by atomic mass is 16.5. The molecule has 104 valence electrons. The van der Waals surface area contributed by atoms with Gasteiger partial charge in [0.25, 0.3) is 5.91 Å². The zero-order chi connectivity index (χ0) is 13.8. The van der Waals surface area contributed by atoms with E-state index in [0.29, 0.717) is 5.75 Å². The number of hydrogen-bond donors (Lipinski definition) is 1. The number of aryl methyl sites for hydroxylation is 1. The van der Waals surface area contributed by atoms with Gasteiger partial charge >= 0.3 is 0 Å². The fraction of sp³-hybridized carbons (Fsp3) is 0.333. The van der Waals surface area contributed by atoms with Crippen LogP contribution in [0.2, 0.25) is 0 Å². The lowest BCUT2D eigenvalue weighted by molar-refractivity contribution is -0.123. The molecule has 1 atom stereocenters. The molecule has 1 aromatic heterocycles. The fourth-order valence-corrected chi connectivity index (χ4v) is 2.41. The van der Waals surface area contributed by atoms with E-state index in [1.807, 2.05) is 36.5 Å². The van der Waals surface area contributed by atoms with Crippen molar-refractivity contribution in [3.8, 4) is 5.75 Å². The summed E-state index contributed by atoms with van der Waals surface area (Å²) in [5.41, 5.74) is 0. The number of hydrogen-bond acceptors (Lipinski definition) is 3. The number of rotatable bonds is 4. The molecule has 5 nitrogen and oxygen atoms in total. The lowest BCUT2D eigenvalue weighted by Crippen LogP contribution is -2.42. The maximum Gasteiger partial charge on any atom is 0.258 e. The molecule has 1 aliphatic heterocycles. The van der Waals surface area contributed by atoms with E-state index in [0.717, 1.165) is 25.2 Å². The van der Waals surface area contributed by atoms with Gasteiger partial charge in [-0.2, -0.15) is 0 Å². The van der Waals surface area contributed by atoms with E-state index < -0.39 is 0 Å². The van der Waals surface area contributed by atoms with Gasteiger partial charge in [0.15, 0.2) is 6.61 Å². The van der Waals surface area contributed by atoms with E-state index in [4.69, 9.17) is 4.74 Å². The maximum absolute atomic E-state index is 11.9. The summed E-state index contributed by atoms with van der Waals surface area (Å²) in [6.07, 6.45) is 5.49. The van der Waals surface area contributed by atoms with Gasteiger partial charge in [-0.1, -0.05) is 18.2 Å². The van der Waals surface area contributed by atoms with Crippen LogP contribution in [0.15, 0.2) is 42.7 Å². The molecule has 1 N–H and O–H groups in total. The Morgan fingerprint density at radius 2 is 2.25 bits per heavy atom. The first kappa shape index (κ1) is 12.7. The van der Waals surface area contributed by atoms with Crippen LogP contribution >= 0.6 is 0 Å². The summed E-state index contributed by atoms with van der Waals surface area (Å²) in [7, 11) is 0. The second-order valence-corrected chi connectivity index (χ2v) is 4.90. The molecule has 2 aromatic rings. The van der Waals surface area contributed by atoms with Crippen molar-refractivity contribution in [3.05, 3.63) is 48.5 Å². The van der Waals surface area contributed by atoms with Crippen molar-refractivity contribution in [1.29, 1.82) is 0 Å². The first-order chi connectivity index (χ1) is 9.81. The first-order valence-corrected chi connectivity index (χ1v) is 6.78. The standard InChI is InChI=1S/C15H17N3O2/c19-15(11-20-13-4-2-1-3-5-13)17-12-6-8-18-9-7-16-14(18)10-12/h1-5,7,9,12H,6,8,10-11H2,(H,17,19). The maximum atomic E-state index is 11.9. The number of nitrogens with zero attached hydrogens (tertiary/aromatic N) is 2. The summed E-state index contributed by atoms with van der Waals surface area (Å²) in [4.78, 5) is 16.2. The molecule has 0 fully saturated rings. The van der Waals surface area contributed by atoms with Crippen LogP contribution in [0.1, 0.15) is 12.2 Å². The molecular formula is C15H17N3O2. The highest BCUT2D eigenvalue weighted by molar-refractivity contribution is 5.77. The number of carbonyl (C=O) groups excluding carboxylic acids is 1. The van der Waals surface area contributed by atoms with Crippen molar-refractivity contribution in [3.63, 3.8) is 0 Å². The zero-order valence-corrected chi connectivity index (χ0v) is 11.2. The van der Waals surface area contributed by atoms with Crippen LogP contribution in [-0.4, -0.2) is 28.1 Å². The average molecular weight is 271 g/mol. The molecule has 1 unspecified atom stereocenters. The minimum atomic E-state index is -0.0844. The number of fused-ring (bicyclic) bond motifs is 1. The Hall–Kier alpha value is -2.30. The van der Waals surface area contributed by atoms with Crippen LogP contribution < -0.4 is 10.1 Å². The number of para-hydroxylation sites is 1. The van der Waals surface area contributed by atoms with Crippen molar-refractivity contribution in [2.24, 2.45) is 0 Å². The van der Waals surface area contributed by atoms with E-state index in [1.54, 1.807) is 6.20 Å². The van der Waals surface area contributed by atoms with Gasteiger partial charge in [0.05, 0.1) is 0 Å². The molecule has 2 heterocycles. The van der Waals surface area contributed by atoms with Crippen molar-refractivity contribution >= 4 is 5.91 Å². The normalized spacial score (nSPS) is 17.3. The lowest BCUT2D eigenvalue weighted by atomic mass is 10.1. The molecule has 3 rings (SSSR count). The van der Waals surface area contributed by atoms with Gasteiger partial charge in [-0.15, -0.1) is 0 Å². The molecule has 20 heavy (non-hydrogen) atoms. The van der Waals surface area contributed by atoms with Gasteiger partial charge in [0.2, 0.25) is 0 Å². The summed E-state index contributed by atoms with van der Waals surface area (Å²) >= 11 is 0. The predicted octanol–water partition coefficient (Wildman–Crippen LogP) is 1.39. The van der Waals surface area contributed by atoms with Crippen LogP contribution in [0.4, 0.5) is 0 Å². The van der Waals surface area contributed by atoms with E-state index >= 15 is 0 Å². The fourth-order valence-electron chi connectivity index (χ4n) is 2.41. The molecule has 5 heteroatoms. The van der Waals surface area contributed by atoms with Crippen molar-refractivity contribution in [2.45, 2.75) is 25.4 Å². The number of carbonyl (C=O) groups is 1. The number of benzene rings is 1. The smallest absolute Gasteiger partial charge is 0.258 e. The summed E-state index contributed by atoms with van der Waals surface area (Å²) in [6.45, 7) is 0.953. The Labute approximate surface area is 117 Å². The highest BCUT2D eigenvalue weighted by Gasteiger charge is 2.20. The highest BCUT2D eigenvalue weighted by Crippen LogP contribution is 2.13. The Kier molecular flexibility index (Phi) is 3.67. The van der Waals surface area contributed by atoms with Crippen LogP contribution in [0.3, 0.4) is 0 Å². The van der Waals surface area contributed by atoms with Crippen LogP contribution in [-0.2, 0) is 17.8 Å². The SMILES string of the molecule is O=C(COc1ccccc1)NC1CCn2ccnc2C1. The quantitative estimate of drug-likeness (QED) is 0.914. The summed E-state index contributed by atoms with van der Waals surface area (Å²) in [5, 5.41) is 3.00. The molecule has 0 saturated carbocycles. The van der Waals surface area contributed by atoms with E-state index in [2.05, 4.69) is 14.9 Å². The molecule has 0 aliphatic carbocycles. The first-order valence-electron chi connectivity index (χ1n) is 6.78. The molecule has 1 aliphatic rings. The third-order valence-corrected chi connectivity index (χ3v) is 3.43. The molecule has 0 spiro atoms. The Balaban J connectivity index is 1.48. The zero-order valence-electron chi connectivity index (χ0n) is 11.2. The van der Waals surface area contributed by atoms with Crippen molar-refractivity contribution < 1.29 is 9.53 Å². The number of ether oxygens (including phenoxy) is 1. The van der Waals surface area contributed by atoms with Crippen molar-refractivity contribution in [1.82, 2.24) is 14.9 Å². The number of imidazole rings is 1. The summed E-state index contributed by atoms with van der Waals surface area (Å²) in [6, 6.07) is 9.51. The summed E-state index contributed by atoms with van der Waals surface area (Å²) < 4.78 is 7.56. The summed E-state index contributed by atoms with van der Waals surface area (Å²) in [5.74, 6) is 1.66. The van der Waals surface area contributed by atoms with Crippen LogP contribution in [0.25, 0.3) is 0 Å². The molecule has 0 bridgehead atoms. The molecular weight excluding hydrogens is 254 g/mol. The molecule has 0 radical (unpaired) electrons. The van der Waals surface area contributed by atoms with E-state index in [9.17, 15) is 4.79 Å². The molecule has 1 amide bonds. The van der Waals surface area contributed by atoms with Gasteiger partial charge in [0, 0.05) is 31.4 Å².